The van der Waals surface area contributed by atoms with E-state index in [2.05, 4.69) is 10.2 Å². The Labute approximate surface area is 190 Å². The first kappa shape index (κ1) is 23.6. The number of hydrogen-bond acceptors (Lipinski definition) is 4. The van der Waals surface area contributed by atoms with Crippen LogP contribution in [0.4, 0.5) is 5.69 Å². The van der Waals surface area contributed by atoms with Crippen molar-refractivity contribution in [2.24, 2.45) is 5.92 Å². The normalized spacial score (nSPS) is 15.4. The van der Waals surface area contributed by atoms with E-state index in [0.717, 1.165) is 16.8 Å². The molecule has 0 unspecified atom stereocenters. The summed E-state index contributed by atoms with van der Waals surface area (Å²) >= 11 is 6.14. The summed E-state index contributed by atoms with van der Waals surface area (Å²) in [4.78, 5) is 14.9. The van der Waals surface area contributed by atoms with Crippen LogP contribution in [0.5, 0.6) is 0 Å². The zero-order chi connectivity index (χ0) is 22.8. The fourth-order valence-electron chi connectivity index (χ4n) is 3.64. The van der Waals surface area contributed by atoms with Crippen molar-refractivity contribution < 1.29 is 13.2 Å². The second-order valence-electron chi connectivity index (χ2n) is 8.40. The number of amides is 1. The van der Waals surface area contributed by atoms with Crippen molar-refractivity contribution in [3.05, 3.63) is 58.1 Å². The lowest BCUT2D eigenvalue weighted by atomic mass is 10.1. The minimum atomic E-state index is -3.69. The molecule has 0 atom stereocenters. The van der Waals surface area contributed by atoms with Gasteiger partial charge in [0.05, 0.1) is 4.90 Å². The number of halogens is 1. The molecule has 0 aromatic heterocycles. The smallest absolute Gasteiger partial charge is 0.251 e. The molecule has 2 aromatic carbocycles. The Morgan fingerprint density at radius 2 is 1.68 bits per heavy atom. The molecule has 1 N–H and O–H groups in total. The van der Waals surface area contributed by atoms with Crippen LogP contribution in [0.25, 0.3) is 0 Å². The average Bonchev–Trinajstić information content (AvgIpc) is 2.74. The van der Waals surface area contributed by atoms with Gasteiger partial charge >= 0.3 is 0 Å². The molecule has 0 aliphatic carbocycles. The SMILES string of the molecule is Cc1ccc(S(=O)(=O)N2CCN(c3cc(Cl)ccc3C)CC2)cc1C(=O)NCC(C)C. The lowest BCUT2D eigenvalue weighted by Crippen LogP contribution is -2.48. The van der Waals surface area contributed by atoms with Crippen LogP contribution in [0.3, 0.4) is 0 Å². The lowest BCUT2D eigenvalue weighted by molar-refractivity contribution is 0.0948. The predicted octanol–water partition coefficient (Wildman–Crippen LogP) is 3.85. The first-order valence-corrected chi connectivity index (χ1v) is 12.3. The highest BCUT2D eigenvalue weighted by atomic mass is 35.5. The molecular formula is C23H30ClN3O3S. The molecule has 2 aromatic rings. The van der Waals surface area contributed by atoms with Crippen LogP contribution in [-0.2, 0) is 10.0 Å². The molecule has 0 spiro atoms. The Kier molecular flexibility index (Phi) is 7.29. The van der Waals surface area contributed by atoms with E-state index in [1.54, 1.807) is 12.1 Å². The summed E-state index contributed by atoms with van der Waals surface area (Å²) in [6, 6.07) is 10.5. The van der Waals surface area contributed by atoms with E-state index in [0.29, 0.717) is 49.2 Å². The van der Waals surface area contributed by atoms with Gasteiger partial charge in [0.2, 0.25) is 10.0 Å². The third-order valence-corrected chi connectivity index (χ3v) is 7.64. The van der Waals surface area contributed by atoms with Gasteiger partial charge in [-0.05, 0) is 55.2 Å². The highest BCUT2D eigenvalue weighted by Gasteiger charge is 2.30. The summed E-state index contributed by atoms with van der Waals surface area (Å²) < 4.78 is 28.0. The van der Waals surface area contributed by atoms with Gasteiger partial charge in [-0.15, -0.1) is 0 Å². The van der Waals surface area contributed by atoms with Crippen LogP contribution in [0, 0.1) is 19.8 Å². The van der Waals surface area contributed by atoms with Crippen molar-refractivity contribution in [2.75, 3.05) is 37.6 Å². The van der Waals surface area contributed by atoms with Gasteiger partial charge in [0.1, 0.15) is 0 Å². The van der Waals surface area contributed by atoms with Crippen LogP contribution in [0.1, 0.15) is 35.3 Å². The summed E-state index contributed by atoms with van der Waals surface area (Å²) in [7, 11) is -3.69. The van der Waals surface area contributed by atoms with Gasteiger partial charge < -0.3 is 10.2 Å². The van der Waals surface area contributed by atoms with Crippen LogP contribution >= 0.6 is 11.6 Å². The Morgan fingerprint density at radius 3 is 2.32 bits per heavy atom. The average molecular weight is 464 g/mol. The zero-order valence-electron chi connectivity index (χ0n) is 18.5. The van der Waals surface area contributed by atoms with Gasteiger partial charge in [-0.3, -0.25) is 4.79 Å². The topological polar surface area (TPSA) is 69.7 Å². The standard InChI is InChI=1S/C23H30ClN3O3S/c1-16(2)15-25-23(28)21-14-20(8-6-17(21)3)31(29,30)27-11-9-26(10-12-27)22-13-19(24)7-5-18(22)4/h5-8,13-14,16H,9-12,15H2,1-4H3,(H,25,28). The second-order valence-corrected chi connectivity index (χ2v) is 10.8. The Morgan fingerprint density at radius 1 is 1.03 bits per heavy atom. The molecule has 0 radical (unpaired) electrons. The fourth-order valence-corrected chi connectivity index (χ4v) is 5.26. The molecule has 0 saturated carbocycles. The number of benzene rings is 2. The largest absolute Gasteiger partial charge is 0.369 e. The van der Waals surface area contributed by atoms with Gasteiger partial charge in [-0.2, -0.15) is 4.31 Å². The number of carbonyl (C=O) groups excluding carboxylic acids is 1. The van der Waals surface area contributed by atoms with Crippen molar-refractivity contribution in [1.29, 1.82) is 0 Å². The van der Waals surface area contributed by atoms with E-state index >= 15 is 0 Å². The number of rotatable bonds is 6. The third-order valence-electron chi connectivity index (χ3n) is 5.51. The van der Waals surface area contributed by atoms with Crippen LogP contribution in [0.2, 0.25) is 5.02 Å². The number of piperazine rings is 1. The molecule has 168 valence electrons. The van der Waals surface area contributed by atoms with Crippen LogP contribution in [0.15, 0.2) is 41.3 Å². The molecule has 1 amide bonds. The summed E-state index contributed by atoms with van der Waals surface area (Å²) in [6.07, 6.45) is 0. The first-order chi connectivity index (χ1) is 14.6. The molecule has 0 bridgehead atoms. The van der Waals surface area contributed by atoms with Crippen molar-refractivity contribution in [2.45, 2.75) is 32.6 Å². The van der Waals surface area contributed by atoms with Crippen molar-refractivity contribution in [3.63, 3.8) is 0 Å². The van der Waals surface area contributed by atoms with E-state index in [-0.39, 0.29) is 10.8 Å². The van der Waals surface area contributed by atoms with E-state index in [1.807, 2.05) is 45.9 Å². The van der Waals surface area contributed by atoms with E-state index in [9.17, 15) is 13.2 Å². The molecular weight excluding hydrogens is 434 g/mol. The molecule has 1 aliphatic rings. The number of sulfonamides is 1. The third kappa shape index (κ3) is 5.40. The zero-order valence-corrected chi connectivity index (χ0v) is 20.1. The van der Waals surface area contributed by atoms with Crippen molar-refractivity contribution >= 4 is 33.2 Å². The molecule has 1 saturated heterocycles. The number of nitrogens with zero attached hydrogens (tertiary/aromatic N) is 2. The number of anilines is 1. The minimum Gasteiger partial charge on any atom is -0.369 e. The van der Waals surface area contributed by atoms with Gasteiger partial charge in [0, 0.05) is 49.0 Å². The molecule has 31 heavy (non-hydrogen) atoms. The van der Waals surface area contributed by atoms with Crippen LogP contribution in [-0.4, -0.2) is 51.4 Å². The maximum atomic E-state index is 13.3. The summed E-state index contributed by atoms with van der Waals surface area (Å²) in [5.74, 6) is 0.0695. The molecule has 1 heterocycles. The Hall–Kier alpha value is -2.09. The number of nitrogens with one attached hydrogen (secondary N) is 1. The van der Waals surface area contributed by atoms with Gasteiger partial charge in [0.25, 0.3) is 5.91 Å². The van der Waals surface area contributed by atoms with E-state index in [4.69, 9.17) is 11.6 Å². The van der Waals surface area contributed by atoms with E-state index in [1.165, 1.54) is 10.4 Å². The van der Waals surface area contributed by atoms with Crippen molar-refractivity contribution in [1.82, 2.24) is 9.62 Å². The highest BCUT2D eigenvalue weighted by molar-refractivity contribution is 7.89. The fraction of sp³-hybridized carbons (Fsp3) is 0.435. The van der Waals surface area contributed by atoms with Gasteiger partial charge in [-0.1, -0.05) is 37.6 Å². The highest BCUT2D eigenvalue weighted by Crippen LogP contribution is 2.27. The lowest BCUT2D eigenvalue weighted by Gasteiger charge is -2.36. The second kappa shape index (κ2) is 9.59. The molecule has 8 heteroatoms. The number of hydrogen-bond donors (Lipinski definition) is 1. The summed E-state index contributed by atoms with van der Waals surface area (Å²) in [6.45, 7) is 10.3. The summed E-state index contributed by atoms with van der Waals surface area (Å²) in [5.41, 5.74) is 3.29. The Bertz CT molecular complexity index is 1060. The quantitative estimate of drug-likeness (QED) is 0.706. The maximum absolute atomic E-state index is 13.3. The number of carbonyl (C=O) groups is 1. The predicted molar refractivity (Wildman–Crippen MR) is 126 cm³/mol. The Balaban J connectivity index is 1.76. The number of aryl methyl sites for hydroxylation is 2. The monoisotopic (exact) mass is 463 g/mol. The molecule has 1 fully saturated rings. The molecule has 6 nitrogen and oxygen atoms in total. The molecule has 1 aliphatic heterocycles. The van der Waals surface area contributed by atoms with E-state index < -0.39 is 10.0 Å². The van der Waals surface area contributed by atoms with Crippen molar-refractivity contribution in [3.8, 4) is 0 Å². The first-order valence-electron chi connectivity index (χ1n) is 10.5. The minimum absolute atomic E-state index is 0.153. The molecule has 3 rings (SSSR count). The van der Waals surface area contributed by atoms with Gasteiger partial charge in [-0.25, -0.2) is 8.42 Å². The summed E-state index contributed by atoms with van der Waals surface area (Å²) in [5, 5.41) is 3.53. The maximum Gasteiger partial charge on any atom is 0.251 e. The van der Waals surface area contributed by atoms with Gasteiger partial charge in [0.15, 0.2) is 0 Å². The van der Waals surface area contributed by atoms with Crippen LogP contribution < -0.4 is 10.2 Å².